The maximum absolute atomic E-state index is 2.41. The van der Waals surface area contributed by atoms with Crippen molar-refractivity contribution in [2.45, 2.75) is 57.6 Å². The molecule has 0 spiro atoms. The van der Waals surface area contributed by atoms with E-state index in [1.165, 1.54) is 19.3 Å². The molecule has 0 atom stereocenters. The molecule has 0 bridgehead atoms. The first kappa shape index (κ1) is 11.7. The van der Waals surface area contributed by atoms with Gasteiger partial charge in [0.1, 0.15) is 0 Å². The van der Waals surface area contributed by atoms with Crippen LogP contribution in [0.4, 0.5) is 0 Å². The average Bonchev–Trinajstić information content (AvgIpc) is 2.02. The Labute approximate surface area is 83.5 Å². The van der Waals surface area contributed by atoms with Gasteiger partial charge in [-0.3, -0.25) is 0 Å². The molecule has 0 heterocycles. The van der Waals surface area contributed by atoms with Gasteiger partial charge in [-0.1, -0.05) is 0 Å². The number of hydrogen-bond donors (Lipinski definition) is 0. The average molecular weight is 189 g/mol. The van der Waals surface area contributed by atoms with Crippen molar-refractivity contribution in [2.24, 2.45) is 5.41 Å². The normalized spacial score (nSPS) is 13.5. The molecule has 0 aromatic rings. The van der Waals surface area contributed by atoms with E-state index in [2.05, 4.69) is 55.1 Å². The zero-order valence-electron chi connectivity index (χ0n) is 8.62. The molecule has 65 valence electrons. The van der Waals surface area contributed by atoms with Crippen LogP contribution in [0.5, 0.6) is 0 Å². The molecular weight excluding hydrogens is 168 g/mol. The van der Waals surface area contributed by atoms with Crippen LogP contribution in [0.1, 0.15) is 53.9 Å². The van der Waals surface area contributed by atoms with E-state index < -0.39 is 0 Å². The molecule has 0 aliphatic heterocycles. The van der Waals surface area contributed by atoms with Crippen LogP contribution in [0.2, 0.25) is 3.72 Å². The summed E-state index contributed by atoms with van der Waals surface area (Å²) < 4.78 is 0.530. The van der Waals surface area contributed by atoms with Gasteiger partial charge >= 0.3 is 83.5 Å². The van der Waals surface area contributed by atoms with E-state index in [4.69, 9.17) is 0 Å². The van der Waals surface area contributed by atoms with Gasteiger partial charge in [-0.2, -0.15) is 0 Å². The van der Waals surface area contributed by atoms with Crippen molar-refractivity contribution in [2.75, 3.05) is 0 Å². The molecule has 0 saturated carbocycles. The first-order valence-electron chi connectivity index (χ1n) is 4.68. The Bertz CT molecular complexity index is 112. The standard InChI is InChI=1S/C10H21.Ti/c1-6-9(7-2)10(4,5)8-3;/h6-8H2,1-5H3;. The summed E-state index contributed by atoms with van der Waals surface area (Å²) in [5.74, 6) is 0. The molecule has 0 aliphatic rings. The van der Waals surface area contributed by atoms with E-state index in [0.717, 1.165) is 0 Å². The monoisotopic (exact) mass is 189 g/mol. The van der Waals surface area contributed by atoms with Gasteiger partial charge in [0.15, 0.2) is 0 Å². The molecule has 0 amide bonds. The van der Waals surface area contributed by atoms with Crippen LogP contribution >= 0.6 is 0 Å². The minimum absolute atomic E-state index is 0.497. The molecule has 0 rings (SSSR count). The Morgan fingerprint density at radius 3 is 1.36 bits per heavy atom. The summed E-state index contributed by atoms with van der Waals surface area (Å²) in [5, 5.41) is 0. The fraction of sp³-hybridized carbons (Fsp3) is 1.00. The zero-order chi connectivity index (χ0) is 9.12. The molecule has 0 N–H and O–H groups in total. The molecule has 0 aromatic heterocycles. The van der Waals surface area contributed by atoms with E-state index in [0.29, 0.717) is 9.13 Å². The molecule has 0 nitrogen and oxygen atoms in total. The van der Waals surface area contributed by atoms with Crippen molar-refractivity contribution >= 4 is 0 Å². The van der Waals surface area contributed by atoms with Crippen molar-refractivity contribution in [1.29, 1.82) is 0 Å². The van der Waals surface area contributed by atoms with Crippen LogP contribution in [0, 0.1) is 5.41 Å². The predicted octanol–water partition coefficient (Wildman–Crippen LogP) is 3.95. The van der Waals surface area contributed by atoms with E-state index in [1.807, 2.05) is 0 Å². The minimum atomic E-state index is 0.497. The molecule has 0 radical (unpaired) electrons. The van der Waals surface area contributed by atoms with E-state index in [1.54, 1.807) is 0 Å². The van der Waals surface area contributed by atoms with Crippen LogP contribution in [0.3, 0.4) is 0 Å². The summed E-state index contributed by atoms with van der Waals surface area (Å²) in [5.41, 5.74) is 0.497. The summed E-state index contributed by atoms with van der Waals surface area (Å²) in [6, 6.07) is 0. The summed E-state index contributed by atoms with van der Waals surface area (Å²) in [6.07, 6.45) is 3.87. The van der Waals surface area contributed by atoms with Gasteiger partial charge in [-0.25, -0.2) is 0 Å². The second-order valence-corrected chi connectivity index (χ2v) is 5.52. The van der Waals surface area contributed by atoms with E-state index in [9.17, 15) is 0 Å². The fourth-order valence-electron chi connectivity index (χ4n) is 1.55. The Morgan fingerprint density at radius 2 is 1.27 bits per heavy atom. The van der Waals surface area contributed by atoms with Crippen molar-refractivity contribution < 1.29 is 20.4 Å². The van der Waals surface area contributed by atoms with Gasteiger partial charge in [0.2, 0.25) is 0 Å². The van der Waals surface area contributed by atoms with E-state index in [-0.39, 0.29) is 0 Å². The molecule has 11 heavy (non-hydrogen) atoms. The summed E-state index contributed by atoms with van der Waals surface area (Å²) in [4.78, 5) is 0. The maximum atomic E-state index is 2.41. The first-order valence-corrected chi connectivity index (χ1v) is 5.46. The van der Waals surface area contributed by atoms with Crippen LogP contribution in [0.25, 0.3) is 0 Å². The van der Waals surface area contributed by atoms with Crippen molar-refractivity contribution in [3.8, 4) is 0 Å². The second kappa shape index (κ2) is 4.09. The third kappa shape index (κ3) is 2.32. The number of rotatable bonds is 4. The van der Waals surface area contributed by atoms with Gasteiger partial charge in [-0.15, -0.1) is 0 Å². The quantitative estimate of drug-likeness (QED) is 0.587. The third-order valence-electron chi connectivity index (χ3n) is 3.39. The Hall–Kier alpha value is 0.714. The van der Waals surface area contributed by atoms with Crippen LogP contribution in [0.15, 0.2) is 0 Å². The zero-order valence-corrected chi connectivity index (χ0v) is 10.2. The topological polar surface area (TPSA) is 0 Å². The van der Waals surface area contributed by atoms with Gasteiger partial charge in [0, 0.05) is 0 Å². The summed E-state index contributed by atoms with van der Waals surface area (Å²) >= 11 is 2.41. The SMILES string of the molecule is CCC(C)(C)[C]([Ti])(CC)CC. The van der Waals surface area contributed by atoms with Gasteiger partial charge in [0.05, 0.1) is 0 Å². The Kier molecular flexibility index (Phi) is 4.36. The van der Waals surface area contributed by atoms with Gasteiger partial charge < -0.3 is 0 Å². The molecule has 1 heteroatoms. The molecule has 0 aliphatic carbocycles. The summed E-state index contributed by atoms with van der Waals surface area (Å²) in [6.45, 7) is 11.7. The molecular formula is C10H21Ti. The third-order valence-corrected chi connectivity index (χ3v) is 5.55. The summed E-state index contributed by atoms with van der Waals surface area (Å²) in [7, 11) is 0. The van der Waals surface area contributed by atoms with Gasteiger partial charge in [-0.05, 0) is 0 Å². The fourth-order valence-corrected chi connectivity index (χ4v) is 1.82. The van der Waals surface area contributed by atoms with Crippen molar-refractivity contribution in [1.82, 2.24) is 0 Å². The van der Waals surface area contributed by atoms with Crippen LogP contribution < -0.4 is 0 Å². The molecule has 0 fully saturated rings. The first-order chi connectivity index (χ1) is 4.93. The van der Waals surface area contributed by atoms with Crippen molar-refractivity contribution in [3.05, 3.63) is 0 Å². The van der Waals surface area contributed by atoms with Gasteiger partial charge in [0.25, 0.3) is 0 Å². The Morgan fingerprint density at radius 1 is 0.909 bits per heavy atom. The molecule has 0 saturated heterocycles. The van der Waals surface area contributed by atoms with Crippen LogP contribution in [-0.4, -0.2) is 0 Å². The second-order valence-electron chi connectivity index (χ2n) is 4.03. The Balaban J connectivity index is 4.47. The molecule has 0 aromatic carbocycles. The van der Waals surface area contributed by atoms with Crippen LogP contribution in [-0.2, 0) is 20.4 Å². The predicted molar refractivity (Wildman–Crippen MR) is 47.3 cm³/mol. The van der Waals surface area contributed by atoms with E-state index >= 15 is 0 Å². The van der Waals surface area contributed by atoms with Crippen molar-refractivity contribution in [3.63, 3.8) is 0 Å². The molecule has 0 unspecified atom stereocenters. The number of hydrogen-bond acceptors (Lipinski definition) is 0.